The largest absolute Gasteiger partial charge is 0.496 e. The predicted molar refractivity (Wildman–Crippen MR) is 67.8 cm³/mol. The predicted octanol–water partition coefficient (Wildman–Crippen LogP) is 3.65. The molecule has 1 N–H and O–H groups in total. The number of aryl methyl sites for hydroxylation is 1. The molecule has 0 aliphatic rings. The molecule has 0 aliphatic heterocycles. The van der Waals surface area contributed by atoms with E-state index in [0.717, 1.165) is 16.7 Å². The second kappa shape index (κ2) is 4.90. The SMILES string of the molecule is COc1cc(C)c(Cl)c(C)c1C(=N)SC. The summed E-state index contributed by atoms with van der Waals surface area (Å²) in [7, 11) is 1.61. The number of thioether (sulfide) groups is 1. The smallest absolute Gasteiger partial charge is 0.129 e. The molecule has 0 saturated heterocycles. The first-order valence-corrected chi connectivity index (χ1v) is 6.09. The Bertz CT molecular complexity index is 404. The molecule has 0 atom stereocenters. The third kappa shape index (κ3) is 2.29. The van der Waals surface area contributed by atoms with Gasteiger partial charge >= 0.3 is 0 Å². The van der Waals surface area contributed by atoms with E-state index in [1.54, 1.807) is 7.11 Å². The third-order valence-electron chi connectivity index (χ3n) is 2.30. The highest BCUT2D eigenvalue weighted by molar-refractivity contribution is 8.13. The summed E-state index contributed by atoms with van der Waals surface area (Å²) in [6.45, 7) is 3.85. The molecule has 0 aromatic heterocycles. The fourth-order valence-corrected chi connectivity index (χ4v) is 2.07. The molecule has 15 heavy (non-hydrogen) atoms. The number of nitrogens with one attached hydrogen (secondary N) is 1. The Hall–Kier alpha value is -0.670. The molecule has 0 unspecified atom stereocenters. The fraction of sp³-hybridized carbons (Fsp3) is 0.364. The van der Waals surface area contributed by atoms with Crippen LogP contribution in [0.4, 0.5) is 0 Å². The topological polar surface area (TPSA) is 33.1 Å². The van der Waals surface area contributed by atoms with E-state index in [0.29, 0.717) is 15.8 Å². The number of methoxy groups -OCH3 is 1. The minimum atomic E-state index is 0.478. The second-order valence-corrected chi connectivity index (χ2v) is 4.44. The summed E-state index contributed by atoms with van der Waals surface area (Å²) in [6, 6.07) is 1.87. The van der Waals surface area contributed by atoms with Gasteiger partial charge in [0.05, 0.1) is 17.7 Å². The fourth-order valence-electron chi connectivity index (χ4n) is 1.47. The lowest BCUT2D eigenvalue weighted by Gasteiger charge is -2.14. The second-order valence-electron chi connectivity index (χ2n) is 3.24. The van der Waals surface area contributed by atoms with Gasteiger partial charge in [-0.05, 0) is 37.3 Å². The summed E-state index contributed by atoms with van der Waals surface area (Å²) < 4.78 is 5.27. The van der Waals surface area contributed by atoms with Crippen LogP contribution in [0.1, 0.15) is 16.7 Å². The molecule has 4 heteroatoms. The first-order chi connectivity index (χ1) is 7.02. The maximum Gasteiger partial charge on any atom is 0.129 e. The molecule has 1 aromatic carbocycles. The number of hydrogen-bond acceptors (Lipinski definition) is 3. The molecule has 1 rings (SSSR count). The number of halogens is 1. The van der Waals surface area contributed by atoms with Crippen LogP contribution in [0, 0.1) is 19.3 Å². The van der Waals surface area contributed by atoms with Crippen molar-refractivity contribution in [3.8, 4) is 5.75 Å². The summed E-state index contributed by atoms with van der Waals surface area (Å²) in [4.78, 5) is 0. The molecule has 0 heterocycles. The Labute approximate surface area is 99.5 Å². The third-order valence-corrected chi connectivity index (χ3v) is 3.49. The van der Waals surface area contributed by atoms with E-state index in [2.05, 4.69) is 0 Å². The highest BCUT2D eigenvalue weighted by atomic mass is 35.5. The Kier molecular flexibility index (Phi) is 4.05. The van der Waals surface area contributed by atoms with Crippen molar-refractivity contribution >= 4 is 28.4 Å². The zero-order valence-corrected chi connectivity index (χ0v) is 10.8. The van der Waals surface area contributed by atoms with Crippen molar-refractivity contribution in [3.63, 3.8) is 0 Å². The Morgan fingerprint density at radius 1 is 1.47 bits per heavy atom. The van der Waals surface area contributed by atoms with Crippen molar-refractivity contribution in [2.24, 2.45) is 0 Å². The maximum atomic E-state index is 7.85. The van der Waals surface area contributed by atoms with Gasteiger partial charge in [-0.15, -0.1) is 11.8 Å². The molecule has 0 aliphatic carbocycles. The van der Waals surface area contributed by atoms with Gasteiger partial charge in [0.2, 0.25) is 0 Å². The normalized spacial score (nSPS) is 10.2. The Balaban J connectivity index is 3.47. The first kappa shape index (κ1) is 12.4. The van der Waals surface area contributed by atoms with Crippen LogP contribution in [-0.4, -0.2) is 18.4 Å². The average Bonchev–Trinajstić information content (AvgIpc) is 2.24. The van der Waals surface area contributed by atoms with Crippen LogP contribution in [0.5, 0.6) is 5.75 Å². The van der Waals surface area contributed by atoms with Crippen molar-refractivity contribution in [3.05, 3.63) is 27.8 Å². The van der Waals surface area contributed by atoms with Gasteiger partial charge in [0.1, 0.15) is 5.75 Å². The molecule has 0 fully saturated rings. The molecule has 82 valence electrons. The minimum Gasteiger partial charge on any atom is -0.496 e. The summed E-state index contributed by atoms with van der Waals surface area (Å²) in [5.74, 6) is 0.716. The van der Waals surface area contributed by atoms with Gasteiger partial charge < -0.3 is 4.74 Å². The lowest BCUT2D eigenvalue weighted by Crippen LogP contribution is -2.02. The zero-order chi connectivity index (χ0) is 11.6. The summed E-state index contributed by atoms with van der Waals surface area (Å²) in [5.41, 5.74) is 2.68. The van der Waals surface area contributed by atoms with E-state index in [1.165, 1.54) is 11.8 Å². The summed E-state index contributed by atoms with van der Waals surface area (Å²) in [5, 5.41) is 9.05. The molecule has 2 nitrogen and oxygen atoms in total. The van der Waals surface area contributed by atoms with E-state index < -0.39 is 0 Å². The van der Waals surface area contributed by atoms with Gasteiger partial charge in [0.25, 0.3) is 0 Å². The van der Waals surface area contributed by atoms with Crippen molar-refractivity contribution in [1.82, 2.24) is 0 Å². The van der Waals surface area contributed by atoms with Crippen molar-refractivity contribution < 1.29 is 4.74 Å². The van der Waals surface area contributed by atoms with Crippen molar-refractivity contribution in [1.29, 1.82) is 5.41 Å². The molecule has 0 bridgehead atoms. The van der Waals surface area contributed by atoms with E-state index >= 15 is 0 Å². The number of hydrogen-bond donors (Lipinski definition) is 1. The van der Waals surface area contributed by atoms with E-state index in [4.69, 9.17) is 21.7 Å². The monoisotopic (exact) mass is 243 g/mol. The van der Waals surface area contributed by atoms with Gasteiger partial charge in [-0.25, -0.2) is 0 Å². The molecule has 0 amide bonds. The molecule has 1 aromatic rings. The standard InChI is InChI=1S/C11H14ClNOS/c1-6-5-8(14-3)9(11(13)15-4)7(2)10(6)12/h5,13H,1-4H3. The van der Waals surface area contributed by atoms with E-state index in [9.17, 15) is 0 Å². The lowest BCUT2D eigenvalue weighted by molar-refractivity contribution is 0.413. The number of benzene rings is 1. The Morgan fingerprint density at radius 3 is 2.53 bits per heavy atom. The van der Waals surface area contributed by atoms with Crippen molar-refractivity contribution in [2.45, 2.75) is 13.8 Å². The summed E-state index contributed by atoms with van der Waals surface area (Å²) >= 11 is 7.53. The highest BCUT2D eigenvalue weighted by Gasteiger charge is 2.15. The van der Waals surface area contributed by atoms with Crippen LogP contribution in [0.2, 0.25) is 5.02 Å². The van der Waals surface area contributed by atoms with Crippen LogP contribution in [0.3, 0.4) is 0 Å². The first-order valence-electron chi connectivity index (χ1n) is 4.49. The maximum absolute atomic E-state index is 7.85. The lowest BCUT2D eigenvalue weighted by atomic mass is 10.0. The van der Waals surface area contributed by atoms with Crippen LogP contribution >= 0.6 is 23.4 Å². The Morgan fingerprint density at radius 2 is 2.07 bits per heavy atom. The van der Waals surface area contributed by atoms with Crippen LogP contribution < -0.4 is 4.74 Å². The molecular formula is C11H14ClNOS. The van der Waals surface area contributed by atoms with Gasteiger partial charge in [-0.3, -0.25) is 5.41 Å². The molecule has 0 radical (unpaired) electrons. The molecule has 0 saturated carbocycles. The van der Waals surface area contributed by atoms with Gasteiger partial charge in [-0.2, -0.15) is 0 Å². The van der Waals surface area contributed by atoms with Crippen LogP contribution in [0.15, 0.2) is 6.07 Å². The van der Waals surface area contributed by atoms with Gasteiger partial charge in [-0.1, -0.05) is 11.6 Å². The van der Waals surface area contributed by atoms with E-state index in [1.807, 2.05) is 26.2 Å². The number of rotatable bonds is 2. The van der Waals surface area contributed by atoms with Crippen LogP contribution in [-0.2, 0) is 0 Å². The zero-order valence-electron chi connectivity index (χ0n) is 9.27. The average molecular weight is 244 g/mol. The molecule has 0 spiro atoms. The van der Waals surface area contributed by atoms with E-state index in [-0.39, 0.29) is 0 Å². The highest BCUT2D eigenvalue weighted by Crippen LogP contribution is 2.33. The van der Waals surface area contributed by atoms with Crippen LogP contribution in [0.25, 0.3) is 0 Å². The van der Waals surface area contributed by atoms with Gasteiger partial charge in [0.15, 0.2) is 0 Å². The minimum absolute atomic E-state index is 0.478. The molecular weight excluding hydrogens is 230 g/mol. The number of ether oxygens (including phenoxy) is 1. The summed E-state index contributed by atoms with van der Waals surface area (Å²) in [6.07, 6.45) is 1.87. The van der Waals surface area contributed by atoms with Gasteiger partial charge in [0, 0.05) is 5.02 Å². The van der Waals surface area contributed by atoms with Crippen molar-refractivity contribution in [2.75, 3.05) is 13.4 Å². The quantitative estimate of drug-likeness (QED) is 0.635.